The average molecular weight is 579 g/mol. The third-order valence-electron chi connectivity index (χ3n) is 8.70. The van der Waals surface area contributed by atoms with E-state index in [-0.39, 0.29) is 0 Å². The Labute approximate surface area is 259 Å². The molecule has 3 heterocycles. The first-order valence-electron chi connectivity index (χ1n) is 15.2. The number of aromatic nitrogens is 4. The largest absolute Gasteiger partial charge is 0.437 e. The molecule has 0 radical (unpaired) electrons. The van der Waals surface area contributed by atoms with Crippen molar-refractivity contribution >= 4 is 44.5 Å². The summed E-state index contributed by atoms with van der Waals surface area (Å²) in [7, 11) is 0. The number of fused-ring (bicyclic) bond motifs is 5. The van der Waals surface area contributed by atoms with E-state index in [0.717, 1.165) is 57.0 Å². The van der Waals surface area contributed by atoms with Crippen LogP contribution in [-0.4, -0.2) is 19.9 Å². The van der Waals surface area contributed by atoms with Crippen molar-refractivity contribution in [1.82, 2.24) is 19.9 Å². The first kappa shape index (κ1) is 25.5. The second-order valence-electron chi connectivity index (χ2n) is 11.4. The minimum absolute atomic E-state index is 0.589. The van der Waals surface area contributed by atoms with Crippen molar-refractivity contribution in [2.75, 3.05) is 0 Å². The molecule has 0 aliphatic heterocycles. The van der Waals surface area contributed by atoms with Crippen LogP contribution in [0.15, 0.2) is 132 Å². The topological polar surface area (TPSA) is 64.7 Å². The number of aryl methyl sites for hydroxylation is 1. The predicted octanol–water partition coefficient (Wildman–Crippen LogP) is 9.81. The quantitative estimate of drug-likeness (QED) is 0.208. The minimum Gasteiger partial charge on any atom is -0.437 e. The Bertz CT molecular complexity index is 2440. The Hall–Kier alpha value is -5.94. The van der Waals surface area contributed by atoms with Gasteiger partial charge >= 0.3 is 0 Å². The van der Waals surface area contributed by atoms with E-state index in [0.29, 0.717) is 23.2 Å². The summed E-state index contributed by atoms with van der Waals surface area (Å²) in [6.45, 7) is 0. The molecule has 0 amide bonds. The minimum atomic E-state index is 0.589. The Morgan fingerprint density at radius 2 is 1.33 bits per heavy atom. The molecule has 45 heavy (non-hydrogen) atoms. The van der Waals surface area contributed by atoms with Crippen molar-refractivity contribution in [3.05, 3.63) is 144 Å². The van der Waals surface area contributed by atoms with Gasteiger partial charge < -0.3 is 4.42 Å². The van der Waals surface area contributed by atoms with Gasteiger partial charge in [-0.3, -0.25) is 0 Å². The first-order valence-corrected chi connectivity index (χ1v) is 15.2. The number of allylic oxidation sites excluding steroid dienone is 1. The van der Waals surface area contributed by atoms with Crippen LogP contribution in [0.5, 0.6) is 0 Å². The Balaban J connectivity index is 1.29. The SMILES string of the molecule is C1=C(c2nc(-c3ccccc3)nc(-c3ccc(-c4ccc5ccccc5c4)c4oc5ncccc5c34)n2)CCc2ccccc21. The van der Waals surface area contributed by atoms with Crippen LogP contribution < -0.4 is 0 Å². The lowest BCUT2D eigenvalue weighted by Crippen LogP contribution is -2.06. The van der Waals surface area contributed by atoms with E-state index < -0.39 is 0 Å². The fourth-order valence-corrected chi connectivity index (χ4v) is 6.45. The van der Waals surface area contributed by atoms with E-state index in [9.17, 15) is 0 Å². The molecule has 8 aromatic rings. The van der Waals surface area contributed by atoms with Crippen LogP contribution in [0, 0.1) is 0 Å². The summed E-state index contributed by atoms with van der Waals surface area (Å²) in [5.41, 5.74) is 8.95. The monoisotopic (exact) mass is 578 g/mol. The van der Waals surface area contributed by atoms with E-state index in [1.54, 1.807) is 6.20 Å². The highest BCUT2D eigenvalue weighted by Gasteiger charge is 2.22. The fourth-order valence-electron chi connectivity index (χ4n) is 6.45. The molecule has 212 valence electrons. The summed E-state index contributed by atoms with van der Waals surface area (Å²) >= 11 is 0. The van der Waals surface area contributed by atoms with E-state index in [1.807, 2.05) is 36.4 Å². The molecule has 0 atom stereocenters. The highest BCUT2D eigenvalue weighted by atomic mass is 16.3. The Morgan fingerprint density at radius 1 is 0.556 bits per heavy atom. The summed E-state index contributed by atoms with van der Waals surface area (Å²) < 4.78 is 6.52. The van der Waals surface area contributed by atoms with E-state index >= 15 is 0 Å². The van der Waals surface area contributed by atoms with E-state index in [2.05, 4.69) is 96.0 Å². The second-order valence-corrected chi connectivity index (χ2v) is 11.4. The van der Waals surface area contributed by atoms with Crippen LogP contribution in [-0.2, 0) is 6.42 Å². The molecular formula is C40H26N4O. The zero-order valence-corrected chi connectivity index (χ0v) is 24.3. The van der Waals surface area contributed by atoms with Gasteiger partial charge in [0.15, 0.2) is 17.5 Å². The third-order valence-corrected chi connectivity index (χ3v) is 8.70. The van der Waals surface area contributed by atoms with Gasteiger partial charge in [-0.2, -0.15) is 0 Å². The third kappa shape index (κ3) is 4.40. The highest BCUT2D eigenvalue weighted by molar-refractivity contribution is 6.15. The van der Waals surface area contributed by atoms with Crippen molar-refractivity contribution < 1.29 is 4.42 Å². The van der Waals surface area contributed by atoms with Crippen LogP contribution >= 0.6 is 0 Å². The molecule has 0 saturated heterocycles. The fraction of sp³-hybridized carbons (Fsp3) is 0.0500. The van der Waals surface area contributed by atoms with Crippen molar-refractivity contribution in [2.24, 2.45) is 0 Å². The number of hydrogen-bond donors (Lipinski definition) is 0. The molecule has 3 aromatic heterocycles. The molecule has 0 saturated carbocycles. The van der Waals surface area contributed by atoms with Gasteiger partial charge in [0.2, 0.25) is 5.71 Å². The summed E-state index contributed by atoms with van der Waals surface area (Å²) in [4.78, 5) is 19.8. The van der Waals surface area contributed by atoms with Crippen LogP contribution in [0.3, 0.4) is 0 Å². The van der Waals surface area contributed by atoms with Crippen molar-refractivity contribution in [2.45, 2.75) is 12.8 Å². The number of benzene rings is 5. The summed E-state index contributed by atoms with van der Waals surface area (Å²) in [5, 5.41) is 4.26. The maximum absolute atomic E-state index is 6.52. The molecule has 1 aliphatic carbocycles. The zero-order valence-electron chi connectivity index (χ0n) is 24.3. The normalized spacial score (nSPS) is 12.8. The Kier molecular flexibility index (Phi) is 5.88. The number of furan rings is 1. The van der Waals surface area contributed by atoms with Gasteiger partial charge in [0.1, 0.15) is 5.58 Å². The molecule has 0 N–H and O–H groups in total. The summed E-state index contributed by atoms with van der Waals surface area (Å²) in [6, 6.07) is 41.8. The Morgan fingerprint density at radius 3 is 2.27 bits per heavy atom. The molecule has 1 aliphatic rings. The van der Waals surface area contributed by atoms with Gasteiger partial charge in [0.05, 0.1) is 0 Å². The molecule has 5 nitrogen and oxygen atoms in total. The molecule has 9 rings (SSSR count). The molecule has 5 aromatic carbocycles. The van der Waals surface area contributed by atoms with Crippen LogP contribution in [0.1, 0.15) is 23.4 Å². The maximum Gasteiger partial charge on any atom is 0.227 e. The van der Waals surface area contributed by atoms with E-state index in [1.165, 1.54) is 21.9 Å². The molecule has 0 fully saturated rings. The van der Waals surface area contributed by atoms with Crippen LogP contribution in [0.4, 0.5) is 0 Å². The maximum atomic E-state index is 6.52. The molecule has 0 unspecified atom stereocenters. The number of hydrogen-bond acceptors (Lipinski definition) is 5. The first-order chi connectivity index (χ1) is 22.3. The standard InChI is InChI=1S/C40H26N4O/c1-2-11-27(12-3-1)37-42-38(31-19-17-26-10-5-7-14-29(26)24-31)44-39(43-37)33-21-20-32(30-18-16-25-9-4-6-13-28(25)23-30)36-35(33)34-15-8-22-41-40(34)45-36/h1-16,18,20-24H,17,19H2. The van der Waals surface area contributed by atoms with Gasteiger partial charge in [-0.1, -0.05) is 91.0 Å². The molecule has 0 bridgehead atoms. The number of rotatable bonds is 4. The van der Waals surface area contributed by atoms with Gasteiger partial charge in [0.25, 0.3) is 0 Å². The van der Waals surface area contributed by atoms with Gasteiger partial charge in [-0.15, -0.1) is 0 Å². The van der Waals surface area contributed by atoms with Gasteiger partial charge in [0, 0.05) is 33.7 Å². The van der Waals surface area contributed by atoms with Crippen molar-refractivity contribution in [3.63, 3.8) is 0 Å². The smallest absolute Gasteiger partial charge is 0.227 e. The van der Waals surface area contributed by atoms with Crippen molar-refractivity contribution in [1.29, 1.82) is 0 Å². The molecular weight excluding hydrogens is 552 g/mol. The zero-order chi connectivity index (χ0) is 29.7. The van der Waals surface area contributed by atoms with Gasteiger partial charge in [-0.05, 0) is 82.3 Å². The lowest BCUT2D eigenvalue weighted by molar-refractivity contribution is 0.655. The van der Waals surface area contributed by atoms with Crippen molar-refractivity contribution in [3.8, 4) is 33.9 Å². The summed E-state index contributed by atoms with van der Waals surface area (Å²) in [6.07, 6.45) is 5.81. The summed E-state index contributed by atoms with van der Waals surface area (Å²) in [5.74, 6) is 1.96. The van der Waals surface area contributed by atoms with Gasteiger partial charge in [-0.25, -0.2) is 19.9 Å². The average Bonchev–Trinajstić information content (AvgIpc) is 3.51. The number of nitrogens with zero attached hydrogens (tertiary/aromatic N) is 4. The molecule has 5 heteroatoms. The van der Waals surface area contributed by atoms with Crippen LogP contribution in [0.25, 0.3) is 78.4 Å². The van der Waals surface area contributed by atoms with E-state index in [4.69, 9.17) is 19.4 Å². The highest BCUT2D eigenvalue weighted by Crippen LogP contribution is 2.41. The predicted molar refractivity (Wildman–Crippen MR) is 181 cm³/mol. The molecule has 0 spiro atoms. The lowest BCUT2D eigenvalue weighted by atomic mass is 9.92. The number of pyridine rings is 1. The second kappa shape index (κ2) is 10.4. The lowest BCUT2D eigenvalue weighted by Gasteiger charge is -2.17. The van der Waals surface area contributed by atoms with Crippen LogP contribution in [0.2, 0.25) is 0 Å².